The van der Waals surface area contributed by atoms with E-state index in [4.69, 9.17) is 0 Å². The van der Waals surface area contributed by atoms with E-state index in [1.54, 1.807) is 23.6 Å². The molecule has 0 radical (unpaired) electrons. The molecule has 0 spiro atoms. The molecular weight excluding hydrogens is 413 g/mol. The van der Waals surface area contributed by atoms with Crippen LogP contribution in [0.2, 0.25) is 0 Å². The number of carbonyl (C=O) groups excluding carboxylic acids is 1. The highest BCUT2D eigenvalue weighted by Gasteiger charge is 2.33. The molecule has 1 aromatic carbocycles. The molecule has 2 heterocycles. The standard InChI is InChI=1S/C20H24FN3O3S2/c21-16-7-3-4-8-17(16)23-10-12-24(13-11-23)29(26,27)18-9-14-28-19(18)20(25)22-15-5-1-2-6-15/h3-4,7-9,14-15H,1-2,5-6,10-13H2,(H,22,25). The number of hydrogen-bond donors (Lipinski definition) is 1. The Kier molecular flexibility index (Phi) is 5.89. The number of nitrogens with one attached hydrogen (secondary N) is 1. The number of benzene rings is 1. The number of anilines is 1. The maximum absolute atomic E-state index is 14.0. The topological polar surface area (TPSA) is 69.7 Å². The molecule has 2 aliphatic rings. The van der Waals surface area contributed by atoms with Gasteiger partial charge in [-0.1, -0.05) is 25.0 Å². The van der Waals surface area contributed by atoms with Gasteiger partial charge in [-0.25, -0.2) is 12.8 Å². The summed E-state index contributed by atoms with van der Waals surface area (Å²) in [5.74, 6) is -0.622. The molecule has 1 aliphatic carbocycles. The minimum absolute atomic E-state index is 0.0670. The fourth-order valence-electron chi connectivity index (χ4n) is 4.00. The second kappa shape index (κ2) is 8.41. The molecule has 1 N–H and O–H groups in total. The molecule has 0 unspecified atom stereocenters. The Morgan fingerprint density at radius 3 is 2.45 bits per heavy atom. The van der Waals surface area contributed by atoms with Crippen LogP contribution in [0.4, 0.5) is 10.1 Å². The van der Waals surface area contributed by atoms with Gasteiger partial charge in [-0.3, -0.25) is 4.79 Å². The summed E-state index contributed by atoms with van der Waals surface area (Å²) in [6, 6.07) is 8.14. The van der Waals surface area contributed by atoms with Gasteiger partial charge < -0.3 is 10.2 Å². The number of amides is 1. The molecule has 1 aliphatic heterocycles. The Labute approximate surface area is 174 Å². The molecule has 2 aromatic rings. The molecule has 2 fully saturated rings. The lowest BCUT2D eigenvalue weighted by Gasteiger charge is -2.35. The molecule has 1 saturated carbocycles. The van der Waals surface area contributed by atoms with Crippen LogP contribution in [0.1, 0.15) is 35.4 Å². The number of rotatable bonds is 5. The number of thiophene rings is 1. The Morgan fingerprint density at radius 1 is 1.07 bits per heavy atom. The van der Waals surface area contributed by atoms with E-state index in [1.807, 2.05) is 4.90 Å². The van der Waals surface area contributed by atoms with Crippen molar-refractivity contribution in [3.8, 4) is 0 Å². The third kappa shape index (κ3) is 4.17. The zero-order valence-electron chi connectivity index (χ0n) is 16.0. The monoisotopic (exact) mass is 437 g/mol. The zero-order valence-corrected chi connectivity index (χ0v) is 17.6. The molecular formula is C20H24FN3O3S2. The van der Waals surface area contributed by atoms with E-state index in [1.165, 1.54) is 16.4 Å². The van der Waals surface area contributed by atoms with Crippen LogP contribution < -0.4 is 10.2 Å². The lowest BCUT2D eigenvalue weighted by atomic mass is 10.2. The van der Waals surface area contributed by atoms with Crippen molar-refractivity contribution < 1.29 is 17.6 Å². The molecule has 1 saturated heterocycles. The number of hydrogen-bond acceptors (Lipinski definition) is 5. The second-order valence-corrected chi connectivity index (χ2v) is 10.2. The second-order valence-electron chi connectivity index (χ2n) is 7.41. The lowest BCUT2D eigenvalue weighted by Crippen LogP contribution is -2.49. The van der Waals surface area contributed by atoms with Crippen LogP contribution in [-0.4, -0.2) is 50.9 Å². The average Bonchev–Trinajstić information content (AvgIpc) is 3.41. The number of nitrogens with zero attached hydrogens (tertiary/aromatic N) is 2. The Hall–Kier alpha value is -1.97. The largest absolute Gasteiger partial charge is 0.367 e. The third-order valence-electron chi connectivity index (χ3n) is 5.58. The first-order chi connectivity index (χ1) is 14.0. The van der Waals surface area contributed by atoms with E-state index in [0.29, 0.717) is 18.8 Å². The van der Waals surface area contributed by atoms with Crippen LogP contribution in [0.5, 0.6) is 0 Å². The van der Waals surface area contributed by atoms with Gasteiger partial charge in [0.2, 0.25) is 10.0 Å². The molecule has 0 atom stereocenters. The van der Waals surface area contributed by atoms with Gasteiger partial charge in [0.25, 0.3) is 5.91 Å². The Bertz CT molecular complexity index is 978. The van der Waals surface area contributed by atoms with Gasteiger partial charge in [0.15, 0.2) is 0 Å². The van der Waals surface area contributed by atoms with Gasteiger partial charge >= 0.3 is 0 Å². The first kappa shape index (κ1) is 20.3. The molecule has 9 heteroatoms. The first-order valence-corrected chi connectivity index (χ1v) is 12.2. The third-order valence-corrected chi connectivity index (χ3v) is 8.56. The van der Waals surface area contributed by atoms with Crippen molar-refractivity contribution in [1.82, 2.24) is 9.62 Å². The first-order valence-electron chi connectivity index (χ1n) is 9.85. The van der Waals surface area contributed by atoms with Crippen LogP contribution in [-0.2, 0) is 10.0 Å². The van der Waals surface area contributed by atoms with Crippen LogP contribution in [0, 0.1) is 5.82 Å². The van der Waals surface area contributed by atoms with E-state index in [9.17, 15) is 17.6 Å². The zero-order chi connectivity index (χ0) is 20.4. The summed E-state index contributed by atoms with van der Waals surface area (Å²) in [5.41, 5.74) is 0.483. The quantitative estimate of drug-likeness (QED) is 0.781. The number of piperazine rings is 1. The maximum Gasteiger partial charge on any atom is 0.262 e. The summed E-state index contributed by atoms with van der Waals surface area (Å²) in [6.07, 6.45) is 4.06. The molecule has 6 nitrogen and oxygen atoms in total. The molecule has 4 rings (SSSR count). The van der Waals surface area contributed by atoms with Gasteiger partial charge in [0.1, 0.15) is 15.6 Å². The summed E-state index contributed by atoms with van der Waals surface area (Å²) in [5, 5.41) is 4.61. The highest BCUT2D eigenvalue weighted by molar-refractivity contribution is 7.89. The Morgan fingerprint density at radius 2 is 1.76 bits per heavy atom. The van der Waals surface area contributed by atoms with E-state index >= 15 is 0 Å². The highest BCUT2D eigenvalue weighted by atomic mass is 32.2. The van der Waals surface area contributed by atoms with E-state index in [-0.39, 0.29) is 40.6 Å². The van der Waals surface area contributed by atoms with Crippen LogP contribution in [0.25, 0.3) is 0 Å². The highest BCUT2D eigenvalue weighted by Crippen LogP contribution is 2.28. The van der Waals surface area contributed by atoms with Crippen LogP contribution >= 0.6 is 11.3 Å². The van der Waals surface area contributed by atoms with Gasteiger partial charge in [-0.05, 0) is 36.4 Å². The number of halogens is 1. The van der Waals surface area contributed by atoms with Crippen molar-refractivity contribution in [2.75, 3.05) is 31.1 Å². The smallest absolute Gasteiger partial charge is 0.262 e. The van der Waals surface area contributed by atoms with E-state index in [0.717, 1.165) is 37.0 Å². The average molecular weight is 438 g/mol. The van der Waals surface area contributed by atoms with Crippen molar-refractivity contribution in [1.29, 1.82) is 0 Å². The number of sulfonamides is 1. The van der Waals surface area contributed by atoms with Crippen molar-refractivity contribution in [2.24, 2.45) is 0 Å². The predicted molar refractivity (Wildman–Crippen MR) is 111 cm³/mol. The lowest BCUT2D eigenvalue weighted by molar-refractivity contribution is 0.0939. The maximum atomic E-state index is 14.0. The summed E-state index contributed by atoms with van der Waals surface area (Å²) in [4.78, 5) is 14.8. The summed E-state index contributed by atoms with van der Waals surface area (Å²) < 4.78 is 41.8. The minimum Gasteiger partial charge on any atom is -0.367 e. The van der Waals surface area contributed by atoms with Gasteiger partial charge in [0, 0.05) is 32.2 Å². The van der Waals surface area contributed by atoms with E-state index in [2.05, 4.69) is 5.32 Å². The van der Waals surface area contributed by atoms with E-state index < -0.39 is 10.0 Å². The molecule has 156 valence electrons. The normalized spacial score (nSPS) is 18.9. The van der Waals surface area contributed by atoms with Crippen molar-refractivity contribution in [3.05, 3.63) is 46.4 Å². The number of para-hydroxylation sites is 1. The van der Waals surface area contributed by atoms with Gasteiger partial charge in [0.05, 0.1) is 5.69 Å². The van der Waals surface area contributed by atoms with Crippen molar-refractivity contribution in [3.63, 3.8) is 0 Å². The van der Waals surface area contributed by atoms with Gasteiger partial charge in [-0.15, -0.1) is 11.3 Å². The molecule has 0 bridgehead atoms. The predicted octanol–water partition coefficient (Wildman–Crippen LogP) is 3.07. The van der Waals surface area contributed by atoms with Crippen LogP contribution in [0.15, 0.2) is 40.6 Å². The summed E-state index contributed by atoms with van der Waals surface area (Å²) in [6.45, 7) is 1.29. The molecule has 1 amide bonds. The van der Waals surface area contributed by atoms with Crippen molar-refractivity contribution >= 4 is 33.0 Å². The SMILES string of the molecule is O=C(NC1CCCC1)c1sccc1S(=O)(=O)N1CCN(c2ccccc2F)CC1. The molecule has 29 heavy (non-hydrogen) atoms. The van der Waals surface area contributed by atoms with Crippen molar-refractivity contribution in [2.45, 2.75) is 36.6 Å². The minimum atomic E-state index is -3.78. The molecule has 1 aromatic heterocycles. The Balaban J connectivity index is 1.47. The number of carbonyl (C=O) groups is 1. The fraction of sp³-hybridized carbons (Fsp3) is 0.450. The summed E-state index contributed by atoms with van der Waals surface area (Å²) in [7, 11) is -3.78. The summed E-state index contributed by atoms with van der Waals surface area (Å²) >= 11 is 1.15. The van der Waals surface area contributed by atoms with Crippen LogP contribution in [0.3, 0.4) is 0 Å². The fourth-order valence-corrected chi connectivity index (χ4v) is 6.73. The van der Waals surface area contributed by atoms with Gasteiger partial charge in [-0.2, -0.15) is 4.31 Å².